The summed E-state index contributed by atoms with van der Waals surface area (Å²) in [6.07, 6.45) is 0. The highest BCUT2D eigenvalue weighted by Gasteiger charge is 2.17. The normalized spacial score (nSPS) is 11.0. The number of carbonyl (C=O) groups is 1. The van der Waals surface area contributed by atoms with E-state index < -0.39 is 10.0 Å². The molecule has 3 aromatic carbocycles. The van der Waals surface area contributed by atoms with Crippen LogP contribution >= 0.6 is 0 Å². The molecule has 0 spiro atoms. The summed E-state index contributed by atoms with van der Waals surface area (Å²) in [7, 11) is -0.646. The molecule has 0 atom stereocenters. The van der Waals surface area contributed by atoms with Crippen molar-refractivity contribution in [2.75, 3.05) is 18.9 Å². The minimum Gasteiger partial charge on any atom is -0.497 e. The van der Waals surface area contributed by atoms with Gasteiger partial charge in [-0.25, -0.2) is 12.8 Å². The molecule has 0 radical (unpaired) electrons. The highest BCUT2D eigenvalue weighted by Crippen LogP contribution is 2.20. The summed E-state index contributed by atoms with van der Waals surface area (Å²) in [6, 6.07) is 18.1. The van der Waals surface area contributed by atoms with Gasteiger partial charge in [0, 0.05) is 24.8 Å². The number of nitrogens with one attached hydrogen (secondary N) is 1. The number of anilines is 1. The van der Waals surface area contributed by atoms with Gasteiger partial charge >= 0.3 is 0 Å². The molecule has 30 heavy (non-hydrogen) atoms. The summed E-state index contributed by atoms with van der Waals surface area (Å²) in [6.45, 7) is 0.304. The van der Waals surface area contributed by atoms with Crippen molar-refractivity contribution in [3.05, 3.63) is 89.7 Å². The molecule has 0 fully saturated rings. The summed E-state index contributed by atoms with van der Waals surface area (Å²) < 4.78 is 45.7. The first-order valence-corrected chi connectivity index (χ1v) is 10.5. The van der Waals surface area contributed by atoms with Gasteiger partial charge in [-0.1, -0.05) is 12.1 Å². The van der Waals surface area contributed by atoms with E-state index >= 15 is 0 Å². The van der Waals surface area contributed by atoms with E-state index in [-0.39, 0.29) is 16.6 Å². The minimum absolute atomic E-state index is 0.0380. The van der Waals surface area contributed by atoms with Crippen molar-refractivity contribution in [3.63, 3.8) is 0 Å². The largest absolute Gasteiger partial charge is 0.497 e. The van der Waals surface area contributed by atoms with Crippen molar-refractivity contribution < 1.29 is 22.3 Å². The molecule has 1 amide bonds. The van der Waals surface area contributed by atoms with Crippen molar-refractivity contribution in [2.45, 2.75) is 11.4 Å². The summed E-state index contributed by atoms with van der Waals surface area (Å²) in [4.78, 5) is 14.1. The van der Waals surface area contributed by atoms with Gasteiger partial charge in [0.1, 0.15) is 11.6 Å². The lowest BCUT2D eigenvalue weighted by atomic mass is 10.1. The number of rotatable bonds is 7. The average Bonchev–Trinajstić information content (AvgIpc) is 2.75. The van der Waals surface area contributed by atoms with Crippen molar-refractivity contribution >= 4 is 21.6 Å². The van der Waals surface area contributed by atoms with Crippen LogP contribution in [-0.4, -0.2) is 33.4 Å². The summed E-state index contributed by atoms with van der Waals surface area (Å²) in [5.41, 5.74) is 1.54. The highest BCUT2D eigenvalue weighted by molar-refractivity contribution is 7.92. The Hall–Kier alpha value is -3.39. The van der Waals surface area contributed by atoms with Crippen LogP contribution in [0.4, 0.5) is 10.1 Å². The zero-order valence-corrected chi connectivity index (χ0v) is 17.3. The van der Waals surface area contributed by atoms with Crippen LogP contribution in [0, 0.1) is 5.82 Å². The third-order valence-electron chi connectivity index (χ3n) is 4.43. The summed E-state index contributed by atoms with van der Waals surface area (Å²) in [5.74, 6) is 0.00438. The fraction of sp³-hybridized carbons (Fsp3) is 0.136. The molecule has 0 saturated carbocycles. The van der Waals surface area contributed by atoms with Gasteiger partial charge in [0.25, 0.3) is 15.9 Å². The number of hydrogen-bond acceptors (Lipinski definition) is 4. The molecular formula is C22H21FN2O4S. The summed E-state index contributed by atoms with van der Waals surface area (Å²) in [5, 5.41) is 0. The Bertz CT molecular complexity index is 1110. The van der Waals surface area contributed by atoms with Gasteiger partial charge in [-0.3, -0.25) is 9.52 Å². The van der Waals surface area contributed by atoms with Gasteiger partial charge in [0.05, 0.1) is 12.0 Å². The maximum absolute atomic E-state index is 13.0. The lowest BCUT2D eigenvalue weighted by molar-refractivity contribution is 0.0785. The number of ether oxygens (including phenoxy) is 1. The van der Waals surface area contributed by atoms with Crippen LogP contribution in [0.25, 0.3) is 0 Å². The van der Waals surface area contributed by atoms with Gasteiger partial charge in [0.2, 0.25) is 0 Å². The zero-order valence-electron chi connectivity index (χ0n) is 16.5. The van der Waals surface area contributed by atoms with Gasteiger partial charge in [-0.05, 0) is 66.2 Å². The van der Waals surface area contributed by atoms with Crippen LogP contribution in [-0.2, 0) is 16.6 Å². The van der Waals surface area contributed by atoms with Crippen LogP contribution in [0.1, 0.15) is 15.9 Å². The smallest absolute Gasteiger partial charge is 0.261 e. The molecule has 0 saturated heterocycles. The molecule has 8 heteroatoms. The maximum Gasteiger partial charge on any atom is 0.261 e. The third kappa shape index (κ3) is 5.15. The van der Waals surface area contributed by atoms with E-state index in [0.29, 0.717) is 23.5 Å². The first-order valence-electron chi connectivity index (χ1n) is 9.05. The maximum atomic E-state index is 13.0. The van der Waals surface area contributed by atoms with Crippen molar-refractivity contribution in [1.29, 1.82) is 0 Å². The standard InChI is InChI=1S/C22H21FN2O4S/c1-25(15-16-3-7-18(23)8-4-16)22(26)17-5-13-21(14-6-17)30(27,28)24-19-9-11-20(29-2)12-10-19/h3-14,24H,15H2,1-2H3. The second-order valence-corrected chi connectivity index (χ2v) is 8.33. The monoisotopic (exact) mass is 428 g/mol. The Morgan fingerprint density at radius 3 is 2.13 bits per heavy atom. The second kappa shape index (κ2) is 8.96. The zero-order chi connectivity index (χ0) is 21.7. The second-order valence-electron chi connectivity index (χ2n) is 6.65. The molecule has 0 aliphatic carbocycles. The SMILES string of the molecule is COc1ccc(NS(=O)(=O)c2ccc(C(=O)N(C)Cc3ccc(F)cc3)cc2)cc1. The molecule has 0 unspecified atom stereocenters. The van der Waals surface area contributed by atoms with E-state index in [4.69, 9.17) is 4.74 Å². The van der Waals surface area contributed by atoms with Gasteiger partial charge in [0.15, 0.2) is 0 Å². The van der Waals surface area contributed by atoms with E-state index in [1.54, 1.807) is 43.4 Å². The first-order chi connectivity index (χ1) is 14.3. The Kier molecular flexibility index (Phi) is 6.37. The predicted molar refractivity (Wildman–Crippen MR) is 112 cm³/mol. The molecule has 3 aromatic rings. The number of amides is 1. The van der Waals surface area contributed by atoms with E-state index in [1.807, 2.05) is 0 Å². The molecule has 0 aromatic heterocycles. The predicted octanol–water partition coefficient (Wildman–Crippen LogP) is 3.91. The average molecular weight is 428 g/mol. The van der Waals surface area contributed by atoms with Gasteiger partial charge in [-0.2, -0.15) is 0 Å². The first kappa shape index (κ1) is 21.3. The van der Waals surface area contributed by atoms with Crippen LogP contribution < -0.4 is 9.46 Å². The highest BCUT2D eigenvalue weighted by atomic mass is 32.2. The van der Waals surface area contributed by atoms with Crippen molar-refractivity contribution in [1.82, 2.24) is 4.90 Å². The number of carbonyl (C=O) groups excluding carboxylic acids is 1. The third-order valence-corrected chi connectivity index (χ3v) is 5.83. The lowest BCUT2D eigenvalue weighted by Crippen LogP contribution is -2.26. The molecule has 1 N–H and O–H groups in total. The number of methoxy groups -OCH3 is 1. The number of hydrogen-bond donors (Lipinski definition) is 1. The number of sulfonamides is 1. The van der Waals surface area contributed by atoms with Crippen molar-refractivity contribution in [2.24, 2.45) is 0 Å². The van der Waals surface area contributed by atoms with Crippen LogP contribution in [0.2, 0.25) is 0 Å². The molecule has 0 heterocycles. The molecule has 6 nitrogen and oxygen atoms in total. The van der Waals surface area contributed by atoms with Gasteiger partial charge < -0.3 is 9.64 Å². The van der Waals surface area contributed by atoms with Gasteiger partial charge in [-0.15, -0.1) is 0 Å². The van der Waals surface area contributed by atoms with Crippen LogP contribution in [0.3, 0.4) is 0 Å². The quantitative estimate of drug-likeness (QED) is 0.619. The van der Waals surface area contributed by atoms with E-state index in [2.05, 4.69) is 4.72 Å². The number of benzene rings is 3. The molecule has 0 bridgehead atoms. The van der Waals surface area contributed by atoms with Crippen LogP contribution in [0.5, 0.6) is 5.75 Å². The molecule has 0 aliphatic rings. The van der Waals surface area contributed by atoms with E-state index in [0.717, 1.165) is 5.56 Å². The Morgan fingerprint density at radius 1 is 0.967 bits per heavy atom. The van der Waals surface area contributed by atoms with Crippen LogP contribution in [0.15, 0.2) is 77.7 Å². The molecule has 0 aliphatic heterocycles. The van der Waals surface area contributed by atoms with E-state index in [1.165, 1.54) is 48.4 Å². The topological polar surface area (TPSA) is 75.7 Å². The molecule has 3 rings (SSSR count). The molecular weight excluding hydrogens is 407 g/mol. The summed E-state index contributed by atoms with van der Waals surface area (Å²) >= 11 is 0. The number of nitrogens with zero attached hydrogens (tertiary/aromatic N) is 1. The van der Waals surface area contributed by atoms with E-state index in [9.17, 15) is 17.6 Å². The minimum atomic E-state index is -3.80. The Labute approximate surface area is 175 Å². The Balaban J connectivity index is 1.69. The fourth-order valence-electron chi connectivity index (χ4n) is 2.81. The van der Waals surface area contributed by atoms with Crippen molar-refractivity contribution in [3.8, 4) is 5.75 Å². The number of halogens is 1. The Morgan fingerprint density at radius 2 is 1.57 bits per heavy atom. The lowest BCUT2D eigenvalue weighted by Gasteiger charge is -2.17. The fourth-order valence-corrected chi connectivity index (χ4v) is 3.86. The molecule has 156 valence electrons.